The van der Waals surface area contributed by atoms with Crippen molar-refractivity contribution in [3.05, 3.63) is 24.3 Å². The Morgan fingerprint density at radius 1 is 1.09 bits per heavy atom. The fraction of sp³-hybridized carbons (Fsp3) is 0.529. The van der Waals surface area contributed by atoms with Crippen LogP contribution < -0.4 is 16.4 Å². The summed E-state index contributed by atoms with van der Waals surface area (Å²) in [7, 11) is 0. The summed E-state index contributed by atoms with van der Waals surface area (Å²) in [4.78, 5) is 24.1. The second-order valence-electron chi connectivity index (χ2n) is 5.99. The minimum atomic E-state index is -0.515. The summed E-state index contributed by atoms with van der Waals surface area (Å²) in [5.41, 5.74) is 6.75. The summed E-state index contributed by atoms with van der Waals surface area (Å²) in [6.45, 7) is 4.29. The Hall–Kier alpha value is -1.59. The van der Waals surface area contributed by atoms with Crippen molar-refractivity contribution in [2.24, 2.45) is 17.1 Å². The molecule has 0 aliphatic heterocycles. The number of nitrogens with two attached hydrogens (primary N) is 1. The zero-order valence-corrected chi connectivity index (χ0v) is 14.5. The van der Waals surface area contributed by atoms with E-state index in [2.05, 4.69) is 10.6 Å². The zero-order valence-electron chi connectivity index (χ0n) is 13.7. The first kappa shape index (κ1) is 19.5. The van der Waals surface area contributed by atoms with Gasteiger partial charge in [0, 0.05) is 23.8 Å². The second-order valence-corrected chi connectivity index (χ2v) is 5.99. The quantitative estimate of drug-likeness (QED) is 0.713. The molecule has 1 fully saturated rings. The average molecular weight is 340 g/mol. The Kier molecular flexibility index (Phi) is 7.03. The van der Waals surface area contributed by atoms with E-state index in [0.29, 0.717) is 25.1 Å². The maximum atomic E-state index is 12.4. The first-order chi connectivity index (χ1) is 10.5. The molecule has 6 heteroatoms. The summed E-state index contributed by atoms with van der Waals surface area (Å²) in [5, 5.41) is 5.80. The van der Waals surface area contributed by atoms with Crippen molar-refractivity contribution in [2.45, 2.75) is 39.5 Å². The van der Waals surface area contributed by atoms with Crippen LogP contribution in [0.25, 0.3) is 0 Å². The van der Waals surface area contributed by atoms with Crippen molar-refractivity contribution in [3.63, 3.8) is 0 Å². The number of halogens is 1. The molecule has 1 aliphatic carbocycles. The first-order valence-electron chi connectivity index (χ1n) is 7.97. The summed E-state index contributed by atoms with van der Waals surface area (Å²) in [6.07, 6.45) is 3.38. The van der Waals surface area contributed by atoms with E-state index in [-0.39, 0.29) is 30.1 Å². The Morgan fingerprint density at radius 3 is 1.96 bits per heavy atom. The number of anilines is 2. The van der Waals surface area contributed by atoms with Crippen LogP contribution >= 0.6 is 12.4 Å². The largest absolute Gasteiger partial charge is 0.329 e. The van der Waals surface area contributed by atoms with Gasteiger partial charge < -0.3 is 16.4 Å². The topological polar surface area (TPSA) is 84.2 Å². The minimum Gasteiger partial charge on any atom is -0.329 e. The Morgan fingerprint density at radius 2 is 1.57 bits per heavy atom. The van der Waals surface area contributed by atoms with Crippen LogP contribution in [0.2, 0.25) is 0 Å². The lowest BCUT2D eigenvalue weighted by Crippen LogP contribution is -2.41. The molecule has 0 unspecified atom stereocenters. The highest BCUT2D eigenvalue weighted by Crippen LogP contribution is 2.30. The highest BCUT2D eigenvalue weighted by molar-refractivity contribution is 5.96. The number of rotatable bonds is 7. The standard InChI is InChI=1S/C17H25N3O2.ClH/c1-3-17(4-2,11-18)16(22)20-14-9-7-13(8-10-14)19-15(21)12-5-6-12;/h7-10,12H,3-6,11,18H2,1-2H3,(H,19,21)(H,20,22);1H. The van der Waals surface area contributed by atoms with E-state index in [9.17, 15) is 9.59 Å². The van der Waals surface area contributed by atoms with Gasteiger partial charge in [0.1, 0.15) is 0 Å². The van der Waals surface area contributed by atoms with Gasteiger partial charge in [0.15, 0.2) is 0 Å². The van der Waals surface area contributed by atoms with Gasteiger partial charge >= 0.3 is 0 Å². The summed E-state index contributed by atoms with van der Waals surface area (Å²) >= 11 is 0. The van der Waals surface area contributed by atoms with Crippen LogP contribution in [0.5, 0.6) is 0 Å². The van der Waals surface area contributed by atoms with Gasteiger partial charge in [0.05, 0.1) is 5.41 Å². The van der Waals surface area contributed by atoms with Crippen molar-refractivity contribution >= 4 is 35.6 Å². The molecular formula is C17H26ClN3O2. The zero-order chi connectivity index (χ0) is 16.2. The van der Waals surface area contributed by atoms with Gasteiger partial charge in [-0.15, -0.1) is 12.4 Å². The number of hydrogen-bond acceptors (Lipinski definition) is 3. The van der Waals surface area contributed by atoms with E-state index >= 15 is 0 Å². The van der Waals surface area contributed by atoms with Gasteiger partial charge in [-0.05, 0) is 49.9 Å². The molecule has 1 aliphatic rings. The number of hydrogen-bond donors (Lipinski definition) is 3. The van der Waals surface area contributed by atoms with Crippen molar-refractivity contribution < 1.29 is 9.59 Å². The van der Waals surface area contributed by atoms with Gasteiger partial charge in [-0.1, -0.05) is 13.8 Å². The van der Waals surface area contributed by atoms with E-state index in [1.165, 1.54) is 0 Å². The molecule has 0 heterocycles. The fourth-order valence-corrected chi connectivity index (χ4v) is 2.44. The van der Waals surface area contributed by atoms with Crippen molar-refractivity contribution in [3.8, 4) is 0 Å². The molecule has 128 valence electrons. The van der Waals surface area contributed by atoms with Gasteiger partial charge in [-0.3, -0.25) is 9.59 Å². The molecule has 0 aromatic heterocycles. The maximum Gasteiger partial charge on any atom is 0.231 e. The number of nitrogens with one attached hydrogen (secondary N) is 2. The summed E-state index contributed by atoms with van der Waals surface area (Å²) in [5.74, 6) is 0.212. The summed E-state index contributed by atoms with van der Waals surface area (Å²) < 4.78 is 0. The van der Waals surface area contributed by atoms with E-state index in [0.717, 1.165) is 18.5 Å². The van der Waals surface area contributed by atoms with E-state index in [1.807, 2.05) is 13.8 Å². The normalized spacial score (nSPS) is 13.9. The summed E-state index contributed by atoms with van der Waals surface area (Å²) in [6, 6.07) is 7.20. The van der Waals surface area contributed by atoms with Gasteiger partial charge in [-0.2, -0.15) is 0 Å². The van der Waals surface area contributed by atoms with Crippen LogP contribution in [0.1, 0.15) is 39.5 Å². The molecular weight excluding hydrogens is 314 g/mol. The molecule has 1 aromatic rings. The predicted octanol–water partition coefficient (Wildman–Crippen LogP) is 3.16. The second kappa shape index (κ2) is 8.31. The third kappa shape index (κ3) is 4.69. The Balaban J connectivity index is 0.00000264. The van der Waals surface area contributed by atoms with Crippen molar-refractivity contribution in [1.82, 2.24) is 0 Å². The number of amides is 2. The van der Waals surface area contributed by atoms with Crippen molar-refractivity contribution in [1.29, 1.82) is 0 Å². The highest BCUT2D eigenvalue weighted by atomic mass is 35.5. The van der Waals surface area contributed by atoms with Crippen LogP contribution in [0.3, 0.4) is 0 Å². The SMILES string of the molecule is CCC(CC)(CN)C(=O)Nc1ccc(NC(=O)C2CC2)cc1.Cl. The molecule has 2 amide bonds. The van der Waals surface area contributed by atoms with Crippen LogP contribution in [0, 0.1) is 11.3 Å². The smallest absolute Gasteiger partial charge is 0.231 e. The lowest BCUT2D eigenvalue weighted by molar-refractivity contribution is -0.125. The monoisotopic (exact) mass is 339 g/mol. The molecule has 0 radical (unpaired) electrons. The molecule has 2 rings (SSSR count). The van der Waals surface area contributed by atoms with Crippen molar-refractivity contribution in [2.75, 3.05) is 17.2 Å². The fourth-order valence-electron chi connectivity index (χ4n) is 2.44. The van der Waals surface area contributed by atoms with E-state index in [1.54, 1.807) is 24.3 Å². The molecule has 0 bridgehead atoms. The van der Waals surface area contributed by atoms with Gasteiger partial charge in [-0.25, -0.2) is 0 Å². The lowest BCUT2D eigenvalue weighted by Gasteiger charge is -2.28. The predicted molar refractivity (Wildman–Crippen MR) is 95.7 cm³/mol. The highest BCUT2D eigenvalue weighted by Gasteiger charge is 2.33. The molecule has 0 saturated heterocycles. The van der Waals surface area contributed by atoms with E-state index < -0.39 is 5.41 Å². The molecule has 1 saturated carbocycles. The van der Waals surface area contributed by atoms with Crippen LogP contribution in [0.15, 0.2) is 24.3 Å². The van der Waals surface area contributed by atoms with E-state index in [4.69, 9.17) is 5.73 Å². The average Bonchev–Trinajstić information content (AvgIpc) is 3.36. The van der Waals surface area contributed by atoms with Gasteiger partial charge in [0.2, 0.25) is 11.8 Å². The van der Waals surface area contributed by atoms with Crippen LogP contribution in [-0.2, 0) is 9.59 Å². The Labute approximate surface area is 143 Å². The molecule has 1 aromatic carbocycles. The number of carbonyl (C=O) groups excluding carboxylic acids is 2. The number of carbonyl (C=O) groups is 2. The molecule has 23 heavy (non-hydrogen) atoms. The third-order valence-electron chi connectivity index (χ3n) is 4.58. The number of benzene rings is 1. The molecule has 5 nitrogen and oxygen atoms in total. The third-order valence-corrected chi connectivity index (χ3v) is 4.58. The first-order valence-corrected chi connectivity index (χ1v) is 7.97. The van der Waals surface area contributed by atoms with Crippen LogP contribution in [0.4, 0.5) is 11.4 Å². The minimum absolute atomic E-state index is 0. The Bertz CT molecular complexity index is 529. The molecule has 0 atom stereocenters. The maximum absolute atomic E-state index is 12.4. The molecule has 0 spiro atoms. The lowest BCUT2D eigenvalue weighted by atomic mass is 9.81. The molecule has 4 N–H and O–H groups in total. The van der Waals surface area contributed by atoms with Gasteiger partial charge in [0.25, 0.3) is 0 Å². The van der Waals surface area contributed by atoms with Crippen LogP contribution in [-0.4, -0.2) is 18.4 Å².